The molecule has 0 unspecified atom stereocenters. The second-order valence-corrected chi connectivity index (χ2v) is 7.41. The lowest BCUT2D eigenvalue weighted by Crippen LogP contribution is -2.48. The Labute approximate surface area is 160 Å². The number of allylic oxidation sites excluding steroid dienone is 2. The van der Waals surface area contributed by atoms with Crippen molar-refractivity contribution in [1.82, 2.24) is 4.90 Å². The van der Waals surface area contributed by atoms with E-state index < -0.39 is 35.3 Å². The highest BCUT2D eigenvalue weighted by atomic mass is 16.6. The van der Waals surface area contributed by atoms with E-state index in [1.165, 1.54) is 18.9 Å². The number of nitrogens with zero attached hydrogens (tertiary/aromatic N) is 1. The standard InChI is InChI=1S/C20H29NO6/c1-8-10-15(9-2)13-25-16(22)14(3)26-17(23)20(11-12-20)21(7)18(24)27-19(4,5)6/h8-10,14H,1-2,11-13H2,3-7H3/b15-10+/t14-/m1/s1. The fraction of sp³-hybridized carbons (Fsp3) is 0.550. The van der Waals surface area contributed by atoms with Crippen LogP contribution in [0.3, 0.4) is 0 Å². The molecular formula is C20H29NO6. The van der Waals surface area contributed by atoms with Gasteiger partial charge in [0, 0.05) is 7.05 Å². The molecule has 0 radical (unpaired) electrons. The van der Waals surface area contributed by atoms with Gasteiger partial charge in [-0.05, 0) is 46.1 Å². The topological polar surface area (TPSA) is 82.1 Å². The summed E-state index contributed by atoms with van der Waals surface area (Å²) in [6.45, 7) is 13.8. The number of hydrogen-bond acceptors (Lipinski definition) is 6. The van der Waals surface area contributed by atoms with Crippen LogP contribution in [0.15, 0.2) is 37.0 Å². The maximum Gasteiger partial charge on any atom is 0.410 e. The second kappa shape index (κ2) is 8.88. The van der Waals surface area contributed by atoms with Crippen molar-refractivity contribution in [1.29, 1.82) is 0 Å². The van der Waals surface area contributed by atoms with Gasteiger partial charge in [-0.15, -0.1) is 0 Å². The van der Waals surface area contributed by atoms with E-state index in [1.807, 2.05) is 0 Å². The van der Waals surface area contributed by atoms with Crippen molar-refractivity contribution in [3.63, 3.8) is 0 Å². The molecule has 7 nitrogen and oxygen atoms in total. The zero-order valence-electron chi connectivity index (χ0n) is 16.7. The molecule has 0 spiro atoms. The largest absolute Gasteiger partial charge is 0.458 e. The van der Waals surface area contributed by atoms with E-state index in [4.69, 9.17) is 14.2 Å². The lowest BCUT2D eigenvalue weighted by Gasteiger charge is -2.30. The fourth-order valence-corrected chi connectivity index (χ4v) is 2.22. The van der Waals surface area contributed by atoms with Crippen LogP contribution in [-0.4, -0.2) is 53.8 Å². The highest BCUT2D eigenvalue weighted by Gasteiger charge is 2.58. The molecule has 0 N–H and O–H groups in total. The van der Waals surface area contributed by atoms with Gasteiger partial charge in [0.2, 0.25) is 0 Å². The average Bonchev–Trinajstić information content (AvgIpc) is 3.37. The molecule has 0 saturated heterocycles. The molecule has 1 atom stereocenters. The summed E-state index contributed by atoms with van der Waals surface area (Å²) in [5.74, 6) is -1.33. The van der Waals surface area contributed by atoms with Crippen LogP contribution >= 0.6 is 0 Å². The van der Waals surface area contributed by atoms with E-state index >= 15 is 0 Å². The molecule has 7 heteroatoms. The van der Waals surface area contributed by atoms with E-state index in [9.17, 15) is 14.4 Å². The maximum absolute atomic E-state index is 12.5. The minimum absolute atomic E-state index is 0.000796. The highest BCUT2D eigenvalue weighted by molar-refractivity contribution is 5.90. The third-order valence-corrected chi connectivity index (χ3v) is 4.00. The highest BCUT2D eigenvalue weighted by Crippen LogP contribution is 2.43. The van der Waals surface area contributed by atoms with Gasteiger partial charge in [0.05, 0.1) is 0 Å². The van der Waals surface area contributed by atoms with Gasteiger partial charge in [0.15, 0.2) is 6.10 Å². The van der Waals surface area contributed by atoms with E-state index in [-0.39, 0.29) is 6.61 Å². The van der Waals surface area contributed by atoms with Crippen LogP contribution in [0.5, 0.6) is 0 Å². The van der Waals surface area contributed by atoms with Gasteiger partial charge in [0.1, 0.15) is 17.7 Å². The number of amides is 1. The molecule has 0 aromatic rings. The minimum atomic E-state index is -1.10. The molecule has 27 heavy (non-hydrogen) atoms. The van der Waals surface area contributed by atoms with Crippen molar-refractivity contribution in [3.8, 4) is 0 Å². The summed E-state index contributed by atoms with van der Waals surface area (Å²) < 4.78 is 15.6. The van der Waals surface area contributed by atoms with Crippen LogP contribution in [0.25, 0.3) is 0 Å². The number of hydrogen-bond donors (Lipinski definition) is 0. The van der Waals surface area contributed by atoms with E-state index in [0.29, 0.717) is 18.4 Å². The Hall–Kier alpha value is -2.57. The summed E-state index contributed by atoms with van der Waals surface area (Å²) >= 11 is 0. The summed E-state index contributed by atoms with van der Waals surface area (Å²) in [5, 5.41) is 0. The van der Waals surface area contributed by atoms with Crippen LogP contribution in [0.1, 0.15) is 40.5 Å². The summed E-state index contributed by atoms with van der Waals surface area (Å²) in [4.78, 5) is 38.0. The molecule has 1 fully saturated rings. The van der Waals surface area contributed by atoms with Crippen molar-refractivity contribution >= 4 is 18.0 Å². The lowest BCUT2D eigenvalue weighted by molar-refractivity contribution is -0.169. The molecule has 1 amide bonds. The molecule has 1 aliphatic carbocycles. The summed E-state index contributed by atoms with van der Waals surface area (Å²) in [6.07, 6.45) is 3.94. The smallest absolute Gasteiger partial charge is 0.410 e. The zero-order chi connectivity index (χ0) is 20.8. The minimum Gasteiger partial charge on any atom is -0.458 e. The van der Waals surface area contributed by atoms with E-state index in [2.05, 4.69) is 13.2 Å². The normalized spacial score (nSPS) is 16.6. The van der Waals surface area contributed by atoms with Crippen LogP contribution < -0.4 is 0 Å². The summed E-state index contributed by atoms with van der Waals surface area (Å²) in [6, 6.07) is 0. The predicted octanol–water partition coefficient (Wildman–Crippen LogP) is 3.16. The third kappa shape index (κ3) is 6.27. The Kier molecular flexibility index (Phi) is 7.39. The quantitative estimate of drug-likeness (QED) is 0.366. The Morgan fingerprint density at radius 1 is 1.22 bits per heavy atom. The predicted molar refractivity (Wildman–Crippen MR) is 101 cm³/mol. The molecule has 0 aromatic carbocycles. The molecule has 1 saturated carbocycles. The molecular weight excluding hydrogens is 350 g/mol. The molecule has 0 aliphatic heterocycles. The van der Waals surface area contributed by atoms with Gasteiger partial charge in [-0.25, -0.2) is 14.4 Å². The summed E-state index contributed by atoms with van der Waals surface area (Å²) in [5.41, 5.74) is -1.10. The lowest BCUT2D eigenvalue weighted by atomic mass is 10.2. The van der Waals surface area contributed by atoms with Gasteiger partial charge in [-0.2, -0.15) is 0 Å². The Morgan fingerprint density at radius 3 is 2.26 bits per heavy atom. The zero-order valence-corrected chi connectivity index (χ0v) is 16.7. The van der Waals surface area contributed by atoms with Gasteiger partial charge in [-0.1, -0.05) is 31.4 Å². The number of esters is 2. The maximum atomic E-state index is 12.5. The first kappa shape index (κ1) is 22.5. The fourth-order valence-electron chi connectivity index (χ4n) is 2.22. The van der Waals surface area contributed by atoms with Gasteiger partial charge in [-0.3, -0.25) is 4.90 Å². The second-order valence-electron chi connectivity index (χ2n) is 7.41. The number of rotatable bonds is 8. The van der Waals surface area contributed by atoms with Crippen LogP contribution in [0.2, 0.25) is 0 Å². The van der Waals surface area contributed by atoms with Crippen molar-refractivity contribution in [2.24, 2.45) is 0 Å². The monoisotopic (exact) mass is 379 g/mol. The Bertz CT molecular complexity index is 639. The summed E-state index contributed by atoms with van der Waals surface area (Å²) in [7, 11) is 1.49. The van der Waals surface area contributed by atoms with E-state index in [1.54, 1.807) is 39.0 Å². The first-order chi connectivity index (χ1) is 12.5. The molecule has 1 aliphatic rings. The van der Waals surface area contributed by atoms with Crippen LogP contribution in [0.4, 0.5) is 4.79 Å². The third-order valence-electron chi connectivity index (χ3n) is 4.00. The first-order valence-corrected chi connectivity index (χ1v) is 8.75. The Morgan fingerprint density at radius 2 is 1.81 bits per heavy atom. The van der Waals surface area contributed by atoms with Crippen molar-refractivity contribution in [2.45, 2.75) is 57.8 Å². The molecule has 150 valence electrons. The molecule has 0 heterocycles. The van der Waals surface area contributed by atoms with Crippen molar-refractivity contribution in [2.75, 3.05) is 13.7 Å². The van der Waals surface area contributed by atoms with Crippen LogP contribution in [-0.2, 0) is 23.8 Å². The van der Waals surface area contributed by atoms with Crippen molar-refractivity contribution < 1.29 is 28.6 Å². The van der Waals surface area contributed by atoms with Gasteiger partial charge in [0.25, 0.3) is 0 Å². The first-order valence-electron chi connectivity index (χ1n) is 8.75. The number of ether oxygens (including phenoxy) is 3. The number of likely N-dealkylation sites (N-methyl/N-ethyl adjacent to an activating group) is 1. The Balaban J connectivity index is 2.65. The molecule has 1 rings (SSSR count). The van der Waals surface area contributed by atoms with Crippen LogP contribution in [0, 0.1) is 0 Å². The molecule has 0 bridgehead atoms. The average molecular weight is 379 g/mol. The SMILES string of the molecule is C=C/C=C(\C=C)COC(=O)[C@@H](C)OC(=O)C1(N(C)C(=O)OC(C)(C)C)CC1. The van der Waals surface area contributed by atoms with Gasteiger partial charge >= 0.3 is 18.0 Å². The number of carbonyl (C=O) groups is 3. The van der Waals surface area contributed by atoms with Gasteiger partial charge < -0.3 is 14.2 Å². The van der Waals surface area contributed by atoms with Crippen molar-refractivity contribution in [3.05, 3.63) is 37.0 Å². The molecule has 0 aromatic heterocycles. The van der Waals surface area contributed by atoms with E-state index in [0.717, 1.165) is 0 Å². The number of carbonyl (C=O) groups excluding carboxylic acids is 3.